The van der Waals surface area contributed by atoms with E-state index in [9.17, 15) is 29.1 Å². The third-order valence-electron chi connectivity index (χ3n) is 12.6. The topological polar surface area (TPSA) is 239 Å². The van der Waals surface area contributed by atoms with Gasteiger partial charge in [0.05, 0.1) is 45.7 Å². The van der Waals surface area contributed by atoms with Crippen molar-refractivity contribution in [2.45, 2.75) is 110 Å². The highest BCUT2D eigenvalue weighted by Crippen LogP contribution is 2.31. The molecular weight excluding hydrogens is 1300 g/mol. The second-order valence-corrected chi connectivity index (χ2v) is 23.8. The molecule has 0 unspecified atom stereocenters. The average molecular weight is 1360 g/mol. The van der Waals surface area contributed by atoms with E-state index in [4.69, 9.17) is 47.1 Å². The summed E-state index contributed by atoms with van der Waals surface area (Å²) in [6.07, 6.45) is 3.67. The largest absolute Gasteiger partial charge is 0.497 e. The molecule has 4 N–H and O–H groups in total. The summed E-state index contributed by atoms with van der Waals surface area (Å²) in [5, 5.41) is 24.1. The van der Waals surface area contributed by atoms with Crippen LogP contribution in [0.15, 0.2) is 79.0 Å². The fourth-order valence-corrected chi connectivity index (χ4v) is 11.0. The van der Waals surface area contributed by atoms with Gasteiger partial charge in [0.25, 0.3) is 5.91 Å². The standard InChI is InChI=1S/C34H39ClIN7O6.C21H26ClIN4O4/c1-34(2,3)49-33(46)38-23-10-8-16-41(20-23)32-40-29(36)28(42(32)19-22-9-6-7-11-25(22)35)30(44)39-26-17-37-43(27(26)31(45)48-5)18-21-12-14-24(47-4)15-13-21;1-21(2,3)31-20(30)24-14-8-6-10-26(12-14)19-25-17(23)16(18(28)29)27(19)11-13-7-4-5-9-15(13)22/h6-7,9,11-15,17,23H,8,10,16,18-20H2,1-5H3,(H,38,46)(H,39,44);4-5,7,9,14H,6,8,10-12H2,1-3H3,(H,24,30)(H,28,29)/t23-;14-/m11/s1. The number of methoxy groups -OCH3 is 2. The molecule has 8 rings (SSSR count). The van der Waals surface area contributed by atoms with Crippen molar-refractivity contribution in [3.63, 3.8) is 0 Å². The van der Waals surface area contributed by atoms with Gasteiger partial charge in [-0.1, -0.05) is 71.7 Å². The number of nitrogens with zero attached hydrogens (tertiary/aromatic N) is 8. The highest BCUT2D eigenvalue weighted by Gasteiger charge is 2.33. The van der Waals surface area contributed by atoms with Crippen LogP contribution in [0.2, 0.25) is 10.0 Å². The second-order valence-electron chi connectivity index (χ2n) is 21.0. The van der Waals surface area contributed by atoms with E-state index in [0.717, 1.165) is 42.4 Å². The minimum absolute atomic E-state index is 0.0890. The van der Waals surface area contributed by atoms with Gasteiger partial charge in [-0.15, -0.1) is 0 Å². The first-order chi connectivity index (χ1) is 37.9. The molecule has 80 heavy (non-hydrogen) atoms. The Hall–Kier alpha value is -6.32. The van der Waals surface area contributed by atoms with Gasteiger partial charge in [0.1, 0.15) is 30.0 Å². The molecule has 3 amide bonds. The highest BCUT2D eigenvalue weighted by atomic mass is 127. The van der Waals surface area contributed by atoms with Gasteiger partial charge in [-0.2, -0.15) is 5.10 Å². The van der Waals surface area contributed by atoms with E-state index in [1.54, 1.807) is 23.8 Å². The van der Waals surface area contributed by atoms with E-state index in [0.29, 0.717) is 61.3 Å². The van der Waals surface area contributed by atoms with E-state index < -0.39 is 41.2 Å². The molecule has 21 nitrogen and oxygen atoms in total. The van der Waals surface area contributed by atoms with Crippen molar-refractivity contribution in [3.05, 3.63) is 130 Å². The number of amides is 3. The molecule has 2 fully saturated rings. The van der Waals surface area contributed by atoms with Crippen molar-refractivity contribution in [3.8, 4) is 5.75 Å². The molecule has 0 aliphatic carbocycles. The average Bonchev–Trinajstić information content (AvgIpc) is 4.23. The molecule has 0 saturated carbocycles. The van der Waals surface area contributed by atoms with Crippen molar-refractivity contribution >= 4 is 116 Å². The Kier molecular flexibility index (Phi) is 20.7. The summed E-state index contributed by atoms with van der Waals surface area (Å²) >= 11 is 16.9. The van der Waals surface area contributed by atoms with Gasteiger partial charge in [0.2, 0.25) is 11.9 Å². The molecule has 0 spiro atoms. The number of carboxylic acid groups (broad SMARTS) is 1. The van der Waals surface area contributed by atoms with E-state index in [1.165, 1.54) is 18.0 Å². The Bertz CT molecular complexity index is 3190. The molecule has 3 aromatic carbocycles. The number of carbonyl (C=O) groups excluding carboxylic acids is 4. The fraction of sp³-hybridized carbons (Fsp3) is 0.418. The lowest BCUT2D eigenvalue weighted by atomic mass is 10.1. The lowest BCUT2D eigenvalue weighted by molar-refractivity contribution is 0.0488. The Labute approximate surface area is 501 Å². The third-order valence-corrected chi connectivity index (χ3v) is 14.8. The van der Waals surface area contributed by atoms with Gasteiger partial charge in [0.15, 0.2) is 11.4 Å². The Morgan fingerprint density at radius 2 is 1.15 bits per heavy atom. The Morgan fingerprint density at radius 1 is 0.675 bits per heavy atom. The number of carboxylic acids is 1. The number of alkyl carbamates (subject to hydrolysis) is 2. The van der Waals surface area contributed by atoms with E-state index in [1.807, 2.05) is 162 Å². The lowest BCUT2D eigenvalue weighted by Crippen LogP contribution is -2.49. The van der Waals surface area contributed by atoms with Crippen LogP contribution in [0, 0.1) is 7.40 Å². The minimum Gasteiger partial charge on any atom is -0.497 e. The molecule has 3 aromatic heterocycles. The van der Waals surface area contributed by atoms with Crippen LogP contribution in [0.1, 0.15) is 115 Å². The fourth-order valence-electron chi connectivity index (χ4n) is 9.12. The van der Waals surface area contributed by atoms with Crippen molar-refractivity contribution in [2.24, 2.45) is 0 Å². The van der Waals surface area contributed by atoms with Gasteiger partial charge in [-0.25, -0.2) is 29.1 Å². The molecular formula is C55H65Cl2I2N11O10. The maximum atomic E-state index is 14.2. The van der Waals surface area contributed by atoms with Gasteiger partial charge in [-0.05, 0) is 153 Å². The Balaban J connectivity index is 0.000000256. The van der Waals surface area contributed by atoms with Crippen molar-refractivity contribution in [2.75, 3.05) is 55.5 Å². The number of hydrogen-bond donors (Lipinski definition) is 4. The molecule has 2 aliphatic rings. The highest BCUT2D eigenvalue weighted by molar-refractivity contribution is 14.1. The summed E-state index contributed by atoms with van der Waals surface area (Å²) in [5.41, 5.74) is 1.94. The molecule has 2 saturated heterocycles. The second kappa shape index (κ2) is 27.0. The van der Waals surface area contributed by atoms with Crippen LogP contribution in [0.25, 0.3) is 0 Å². The quantitative estimate of drug-likeness (QED) is 0.0425. The van der Waals surface area contributed by atoms with Crippen molar-refractivity contribution < 1.29 is 48.0 Å². The minimum atomic E-state index is -1.05. The molecule has 5 heterocycles. The van der Waals surface area contributed by atoms with Crippen LogP contribution in [-0.4, -0.2) is 128 Å². The zero-order chi connectivity index (χ0) is 58.1. The zero-order valence-electron chi connectivity index (χ0n) is 45.6. The summed E-state index contributed by atoms with van der Waals surface area (Å²) in [4.78, 5) is 77.4. The number of aromatic nitrogens is 6. The zero-order valence-corrected chi connectivity index (χ0v) is 51.5. The summed E-state index contributed by atoms with van der Waals surface area (Å²) in [7, 11) is 2.86. The monoisotopic (exact) mass is 1360 g/mol. The smallest absolute Gasteiger partial charge is 0.407 e. The molecule has 2 aliphatic heterocycles. The number of esters is 1. The number of nitrogens with one attached hydrogen (secondary N) is 3. The van der Waals surface area contributed by atoms with E-state index in [-0.39, 0.29) is 54.5 Å². The first-order valence-electron chi connectivity index (χ1n) is 25.7. The number of piperidine rings is 2. The number of aromatic carboxylic acids is 1. The van der Waals surface area contributed by atoms with Crippen LogP contribution in [0.4, 0.5) is 27.2 Å². The first kappa shape index (κ1) is 61.3. The normalized spacial score (nSPS) is 15.5. The first-order valence-corrected chi connectivity index (χ1v) is 28.6. The van der Waals surface area contributed by atoms with Crippen LogP contribution < -0.4 is 30.5 Å². The number of halogens is 4. The third kappa shape index (κ3) is 16.2. The number of anilines is 3. The molecule has 6 aromatic rings. The van der Waals surface area contributed by atoms with E-state index in [2.05, 4.69) is 26.0 Å². The summed E-state index contributed by atoms with van der Waals surface area (Å²) < 4.78 is 27.0. The molecule has 0 bridgehead atoms. The SMILES string of the molecule is CC(C)(C)OC(=O)N[C@@H]1CCCN(c2nc(I)c(C(=O)O)n2Cc2ccccc2Cl)C1.COC(=O)c1c(NC(=O)c2c(I)nc(N3CCC[C@@H](NC(=O)OC(C)(C)C)C3)n2Cc2ccccc2Cl)cnn1Cc1ccc(OC)cc1. The van der Waals surface area contributed by atoms with Crippen LogP contribution >= 0.6 is 68.4 Å². The number of ether oxygens (including phenoxy) is 4. The Morgan fingerprint density at radius 3 is 1.60 bits per heavy atom. The van der Waals surface area contributed by atoms with Gasteiger partial charge in [-0.3, -0.25) is 14.0 Å². The number of carbonyl (C=O) groups is 5. The van der Waals surface area contributed by atoms with Gasteiger partial charge < -0.3 is 54.4 Å². The van der Waals surface area contributed by atoms with Crippen LogP contribution in [0.5, 0.6) is 5.75 Å². The number of benzene rings is 3. The summed E-state index contributed by atoms with van der Waals surface area (Å²) in [6.45, 7) is 14.0. The molecule has 428 valence electrons. The number of rotatable bonds is 15. The maximum Gasteiger partial charge on any atom is 0.407 e. The maximum absolute atomic E-state index is 14.2. The predicted molar refractivity (Wildman–Crippen MR) is 321 cm³/mol. The van der Waals surface area contributed by atoms with Crippen molar-refractivity contribution in [1.29, 1.82) is 0 Å². The lowest BCUT2D eigenvalue weighted by Gasteiger charge is -2.34. The van der Waals surface area contributed by atoms with Crippen LogP contribution in [-0.2, 0) is 33.8 Å². The number of imidazole rings is 2. The molecule has 0 radical (unpaired) electrons. The van der Waals surface area contributed by atoms with Crippen molar-refractivity contribution in [1.82, 2.24) is 39.5 Å². The predicted octanol–water partition coefficient (Wildman–Crippen LogP) is 10.4. The molecule has 25 heteroatoms. The van der Waals surface area contributed by atoms with Crippen LogP contribution in [0.3, 0.4) is 0 Å². The van der Waals surface area contributed by atoms with Gasteiger partial charge >= 0.3 is 24.1 Å². The summed E-state index contributed by atoms with van der Waals surface area (Å²) in [6, 6.07) is 21.8. The molecule has 2 atom stereocenters. The number of hydrogen-bond acceptors (Lipinski definition) is 14. The van der Waals surface area contributed by atoms with Gasteiger partial charge in [0, 0.05) is 48.3 Å². The van der Waals surface area contributed by atoms with E-state index >= 15 is 0 Å². The summed E-state index contributed by atoms with van der Waals surface area (Å²) in [5.74, 6) is -0.392.